The van der Waals surface area contributed by atoms with Crippen LogP contribution in [0.25, 0.3) is 0 Å². The zero-order chi connectivity index (χ0) is 18.8. The number of alkyl halides is 1. The first kappa shape index (κ1) is 19.5. The van der Waals surface area contributed by atoms with E-state index >= 15 is 0 Å². The Labute approximate surface area is 155 Å². The molecule has 0 saturated carbocycles. The molecule has 1 aromatic rings. The van der Waals surface area contributed by atoms with Crippen LogP contribution in [0, 0.1) is 18.3 Å². The molecule has 0 radical (unpaired) electrons. The van der Waals surface area contributed by atoms with Crippen LogP contribution in [-0.2, 0) is 4.74 Å². The van der Waals surface area contributed by atoms with Crippen LogP contribution in [0.15, 0.2) is 16.6 Å². The normalized spacial score (nSPS) is 20.8. The van der Waals surface area contributed by atoms with Gasteiger partial charge in [0.1, 0.15) is 23.5 Å². The molecule has 2 atom stereocenters. The summed E-state index contributed by atoms with van der Waals surface area (Å²) in [6.07, 6.45) is -2.24. The van der Waals surface area contributed by atoms with E-state index in [2.05, 4.69) is 22.0 Å². The Bertz CT molecular complexity index is 697. The lowest BCUT2D eigenvalue weighted by atomic mass is 10.1. The summed E-state index contributed by atoms with van der Waals surface area (Å²) in [5, 5.41) is 9.27. The highest BCUT2D eigenvalue weighted by atomic mass is 79.9. The first-order valence-electron chi connectivity index (χ1n) is 8.09. The lowest BCUT2D eigenvalue weighted by Gasteiger charge is -2.35. The van der Waals surface area contributed by atoms with Crippen LogP contribution in [-0.4, -0.2) is 42.0 Å². The van der Waals surface area contributed by atoms with Gasteiger partial charge in [-0.05, 0) is 45.4 Å². The standard InChI is InChI=1S/C18H22BrFN2O3/c1-11-7-13(19)8-12(9-21)16(11)24-15-5-6-22(10-14(15)20)17(23)25-18(2,3)4/h7-8,14-15H,5-6,10H2,1-4H3/t14-,15+/m1/s1. The molecule has 2 rings (SSSR count). The Hall–Kier alpha value is -1.81. The second-order valence-corrected chi connectivity index (χ2v) is 8.01. The quantitative estimate of drug-likeness (QED) is 0.723. The van der Waals surface area contributed by atoms with E-state index in [-0.39, 0.29) is 6.54 Å². The first-order chi connectivity index (χ1) is 11.6. The highest BCUT2D eigenvalue weighted by Gasteiger charge is 2.35. The number of rotatable bonds is 2. The van der Waals surface area contributed by atoms with Crippen molar-refractivity contribution in [2.75, 3.05) is 13.1 Å². The van der Waals surface area contributed by atoms with Gasteiger partial charge in [-0.25, -0.2) is 9.18 Å². The average Bonchev–Trinajstić information content (AvgIpc) is 2.49. The molecule has 1 fully saturated rings. The molecule has 0 N–H and O–H groups in total. The third kappa shape index (κ3) is 5.08. The lowest BCUT2D eigenvalue weighted by Crippen LogP contribution is -2.50. The maximum absolute atomic E-state index is 14.6. The van der Waals surface area contributed by atoms with Gasteiger partial charge in [-0.3, -0.25) is 0 Å². The summed E-state index contributed by atoms with van der Waals surface area (Å²) in [5.74, 6) is 0.393. The predicted molar refractivity (Wildman–Crippen MR) is 95.3 cm³/mol. The average molecular weight is 413 g/mol. The van der Waals surface area contributed by atoms with E-state index < -0.39 is 24.0 Å². The lowest BCUT2D eigenvalue weighted by molar-refractivity contribution is -0.0107. The number of hydrogen-bond donors (Lipinski definition) is 0. The van der Waals surface area contributed by atoms with Gasteiger partial charge in [-0.2, -0.15) is 5.26 Å². The van der Waals surface area contributed by atoms with Gasteiger partial charge in [-0.15, -0.1) is 0 Å². The second kappa shape index (κ2) is 7.61. The number of carbonyl (C=O) groups is 1. The fourth-order valence-electron chi connectivity index (χ4n) is 2.63. The molecule has 1 aliphatic rings. The molecule has 1 amide bonds. The Kier molecular flexibility index (Phi) is 5.94. The molecule has 7 heteroatoms. The number of ether oxygens (including phenoxy) is 2. The molecular formula is C18H22BrFN2O3. The number of benzene rings is 1. The van der Waals surface area contributed by atoms with Gasteiger partial charge in [0.15, 0.2) is 6.17 Å². The van der Waals surface area contributed by atoms with Gasteiger partial charge in [0, 0.05) is 17.4 Å². The molecule has 0 aromatic heterocycles. The smallest absolute Gasteiger partial charge is 0.410 e. The highest BCUT2D eigenvalue weighted by molar-refractivity contribution is 9.10. The SMILES string of the molecule is Cc1cc(Br)cc(C#N)c1O[C@H]1CCN(C(=O)OC(C)(C)C)C[C@H]1F. The van der Waals surface area contributed by atoms with E-state index in [1.807, 2.05) is 13.0 Å². The van der Waals surface area contributed by atoms with E-state index in [1.54, 1.807) is 26.8 Å². The molecule has 0 aliphatic carbocycles. The minimum absolute atomic E-state index is 0.0863. The molecule has 1 aliphatic heterocycles. The van der Waals surface area contributed by atoms with Gasteiger partial charge >= 0.3 is 6.09 Å². The number of piperidine rings is 1. The monoisotopic (exact) mass is 412 g/mol. The summed E-state index contributed by atoms with van der Waals surface area (Å²) in [6, 6.07) is 5.54. The molecule has 25 heavy (non-hydrogen) atoms. The third-order valence-corrected chi connectivity index (χ3v) is 4.22. The Morgan fingerprint density at radius 1 is 1.44 bits per heavy atom. The number of nitrogens with zero attached hydrogens (tertiary/aromatic N) is 2. The summed E-state index contributed by atoms with van der Waals surface area (Å²) in [6.45, 7) is 7.38. The van der Waals surface area contributed by atoms with Gasteiger partial charge < -0.3 is 14.4 Å². The van der Waals surface area contributed by atoms with Crippen molar-refractivity contribution in [2.45, 2.75) is 52.0 Å². The maximum Gasteiger partial charge on any atom is 0.410 e. The zero-order valence-electron chi connectivity index (χ0n) is 14.8. The summed E-state index contributed by atoms with van der Waals surface area (Å²) in [7, 11) is 0. The second-order valence-electron chi connectivity index (χ2n) is 7.10. The van der Waals surface area contributed by atoms with Crippen LogP contribution >= 0.6 is 15.9 Å². The van der Waals surface area contributed by atoms with Crippen LogP contribution in [0.1, 0.15) is 38.3 Å². The molecule has 0 unspecified atom stereocenters. The van der Waals surface area contributed by atoms with Gasteiger partial charge in [-0.1, -0.05) is 15.9 Å². The number of halogens is 2. The number of nitriles is 1. The summed E-state index contributed by atoms with van der Waals surface area (Å²) < 4.78 is 26.4. The number of amides is 1. The Balaban J connectivity index is 2.06. The van der Waals surface area contributed by atoms with Crippen LogP contribution < -0.4 is 4.74 Å². The summed E-state index contributed by atoms with van der Waals surface area (Å²) >= 11 is 3.33. The van der Waals surface area contributed by atoms with Crippen molar-refractivity contribution in [3.05, 3.63) is 27.7 Å². The van der Waals surface area contributed by atoms with Crippen molar-refractivity contribution in [2.24, 2.45) is 0 Å². The van der Waals surface area contributed by atoms with Crippen molar-refractivity contribution in [1.82, 2.24) is 4.90 Å². The van der Waals surface area contributed by atoms with Gasteiger partial charge in [0.2, 0.25) is 0 Å². The number of aryl methyl sites for hydroxylation is 1. The van der Waals surface area contributed by atoms with Crippen LogP contribution in [0.4, 0.5) is 9.18 Å². The molecular weight excluding hydrogens is 391 g/mol. The van der Waals surface area contributed by atoms with E-state index in [4.69, 9.17) is 9.47 Å². The molecule has 136 valence electrons. The van der Waals surface area contributed by atoms with Crippen molar-refractivity contribution in [3.63, 3.8) is 0 Å². The molecule has 5 nitrogen and oxygen atoms in total. The van der Waals surface area contributed by atoms with E-state index in [1.165, 1.54) is 4.90 Å². The van der Waals surface area contributed by atoms with Crippen molar-refractivity contribution in [3.8, 4) is 11.8 Å². The third-order valence-electron chi connectivity index (χ3n) is 3.76. The van der Waals surface area contributed by atoms with Crippen LogP contribution in [0.5, 0.6) is 5.75 Å². The van der Waals surface area contributed by atoms with Crippen molar-refractivity contribution < 1.29 is 18.7 Å². The van der Waals surface area contributed by atoms with Crippen molar-refractivity contribution >= 4 is 22.0 Å². The molecule has 1 saturated heterocycles. The predicted octanol–water partition coefficient (Wildman–Crippen LogP) is 4.36. The largest absolute Gasteiger partial charge is 0.486 e. The zero-order valence-corrected chi connectivity index (χ0v) is 16.4. The van der Waals surface area contributed by atoms with Crippen molar-refractivity contribution in [1.29, 1.82) is 5.26 Å². The van der Waals surface area contributed by atoms with E-state index in [9.17, 15) is 14.4 Å². The number of hydrogen-bond acceptors (Lipinski definition) is 4. The highest BCUT2D eigenvalue weighted by Crippen LogP contribution is 2.31. The summed E-state index contributed by atoms with van der Waals surface area (Å²) in [4.78, 5) is 13.4. The minimum Gasteiger partial charge on any atom is -0.486 e. The fourth-order valence-corrected chi connectivity index (χ4v) is 3.20. The van der Waals surface area contributed by atoms with Gasteiger partial charge in [0.05, 0.1) is 12.1 Å². The maximum atomic E-state index is 14.6. The fraction of sp³-hybridized carbons (Fsp3) is 0.556. The topological polar surface area (TPSA) is 62.6 Å². The summed E-state index contributed by atoms with van der Waals surface area (Å²) in [5.41, 5.74) is 0.494. The van der Waals surface area contributed by atoms with Gasteiger partial charge in [0.25, 0.3) is 0 Å². The van der Waals surface area contributed by atoms with E-state index in [0.717, 1.165) is 10.0 Å². The van der Waals surface area contributed by atoms with Crippen LogP contribution in [0.2, 0.25) is 0 Å². The Morgan fingerprint density at radius 2 is 2.12 bits per heavy atom. The molecule has 0 spiro atoms. The molecule has 1 heterocycles. The Morgan fingerprint density at radius 3 is 2.68 bits per heavy atom. The number of likely N-dealkylation sites (tertiary alicyclic amines) is 1. The first-order valence-corrected chi connectivity index (χ1v) is 8.89. The van der Waals surface area contributed by atoms with Crippen LogP contribution in [0.3, 0.4) is 0 Å². The van der Waals surface area contributed by atoms with E-state index in [0.29, 0.717) is 24.3 Å². The molecule has 1 aromatic carbocycles. The minimum atomic E-state index is -1.35. The molecule has 0 bridgehead atoms. The number of carbonyl (C=O) groups excluding carboxylic acids is 1.